The van der Waals surface area contributed by atoms with Crippen molar-refractivity contribution in [2.45, 2.75) is 12.8 Å². The summed E-state index contributed by atoms with van der Waals surface area (Å²) in [5.74, 6) is -0.796. The first-order valence-electron chi connectivity index (χ1n) is 5.26. The maximum absolute atomic E-state index is 11.1. The van der Waals surface area contributed by atoms with E-state index in [4.69, 9.17) is 5.11 Å². The predicted octanol–water partition coefficient (Wildman–Crippen LogP) is 0.00240. The Morgan fingerprint density at radius 2 is 2.14 bits per heavy atom. The number of carboxylic acid groups (broad SMARTS) is 1. The molecule has 1 atom stereocenters. The maximum atomic E-state index is 11.1. The molecule has 0 saturated carbocycles. The van der Waals surface area contributed by atoms with Crippen LogP contribution >= 0.6 is 0 Å². The van der Waals surface area contributed by atoms with Crippen molar-refractivity contribution in [3.8, 4) is 0 Å². The highest BCUT2D eigenvalue weighted by atomic mass is 16.4. The molecule has 0 radical (unpaired) electrons. The molecular formula is C10H18N2O2. The lowest BCUT2D eigenvalue weighted by Gasteiger charge is -2.39. The zero-order valence-electron chi connectivity index (χ0n) is 8.62. The molecule has 0 aromatic rings. The SMILES string of the molecule is CN1CCC2(CC1)CNCC2C(=O)O. The standard InChI is InChI=1S/C10H18N2O2/c1-12-4-2-10(3-5-12)7-11-6-8(10)9(13)14/h8,11H,2-7H2,1H3,(H,13,14). The van der Waals surface area contributed by atoms with Crippen molar-refractivity contribution in [3.05, 3.63) is 0 Å². The fourth-order valence-electron chi connectivity index (χ4n) is 2.74. The summed E-state index contributed by atoms with van der Waals surface area (Å²) in [4.78, 5) is 13.4. The zero-order chi connectivity index (χ0) is 10.2. The molecule has 1 spiro atoms. The number of hydrogen-bond acceptors (Lipinski definition) is 3. The number of carbonyl (C=O) groups is 1. The molecule has 0 amide bonds. The molecule has 2 N–H and O–H groups in total. The van der Waals surface area contributed by atoms with Gasteiger partial charge in [-0.3, -0.25) is 4.79 Å². The molecule has 1 unspecified atom stereocenters. The van der Waals surface area contributed by atoms with Crippen molar-refractivity contribution in [1.29, 1.82) is 0 Å². The fraction of sp³-hybridized carbons (Fsp3) is 0.900. The van der Waals surface area contributed by atoms with E-state index in [-0.39, 0.29) is 11.3 Å². The van der Waals surface area contributed by atoms with Crippen LogP contribution in [-0.2, 0) is 4.79 Å². The van der Waals surface area contributed by atoms with Crippen LogP contribution in [0, 0.1) is 11.3 Å². The summed E-state index contributed by atoms with van der Waals surface area (Å²) in [6.45, 7) is 3.60. The van der Waals surface area contributed by atoms with Crippen LogP contribution in [0.3, 0.4) is 0 Å². The van der Waals surface area contributed by atoms with E-state index >= 15 is 0 Å². The minimum atomic E-state index is -0.625. The molecule has 2 aliphatic rings. The molecule has 2 fully saturated rings. The van der Waals surface area contributed by atoms with Gasteiger partial charge in [0, 0.05) is 13.1 Å². The van der Waals surface area contributed by atoms with E-state index in [2.05, 4.69) is 17.3 Å². The molecule has 80 valence electrons. The van der Waals surface area contributed by atoms with Gasteiger partial charge in [-0.05, 0) is 38.4 Å². The first kappa shape index (κ1) is 9.93. The van der Waals surface area contributed by atoms with E-state index in [9.17, 15) is 4.79 Å². The van der Waals surface area contributed by atoms with Crippen molar-refractivity contribution in [3.63, 3.8) is 0 Å². The van der Waals surface area contributed by atoms with Crippen molar-refractivity contribution in [2.75, 3.05) is 33.2 Å². The highest BCUT2D eigenvalue weighted by Gasteiger charge is 2.47. The van der Waals surface area contributed by atoms with E-state index in [0.29, 0.717) is 6.54 Å². The third kappa shape index (κ3) is 1.53. The van der Waals surface area contributed by atoms with Gasteiger partial charge < -0.3 is 15.3 Å². The summed E-state index contributed by atoms with van der Waals surface area (Å²) >= 11 is 0. The van der Waals surface area contributed by atoms with Gasteiger partial charge in [-0.25, -0.2) is 0 Å². The molecule has 2 aliphatic heterocycles. The van der Waals surface area contributed by atoms with Crippen LogP contribution in [0.15, 0.2) is 0 Å². The van der Waals surface area contributed by atoms with E-state index in [0.717, 1.165) is 32.5 Å². The average molecular weight is 198 g/mol. The van der Waals surface area contributed by atoms with Gasteiger partial charge in [0.05, 0.1) is 5.92 Å². The van der Waals surface area contributed by atoms with Gasteiger partial charge in [-0.2, -0.15) is 0 Å². The maximum Gasteiger partial charge on any atom is 0.308 e. The van der Waals surface area contributed by atoms with Crippen molar-refractivity contribution < 1.29 is 9.90 Å². The highest BCUT2D eigenvalue weighted by Crippen LogP contribution is 2.41. The van der Waals surface area contributed by atoms with Crippen LogP contribution in [-0.4, -0.2) is 49.2 Å². The number of carboxylic acids is 1. The number of nitrogens with zero attached hydrogens (tertiary/aromatic N) is 1. The van der Waals surface area contributed by atoms with Crippen LogP contribution in [0.2, 0.25) is 0 Å². The Hall–Kier alpha value is -0.610. The number of rotatable bonds is 1. The normalized spacial score (nSPS) is 32.2. The summed E-state index contributed by atoms with van der Waals surface area (Å²) in [6, 6.07) is 0. The lowest BCUT2D eigenvalue weighted by molar-refractivity contribution is -0.145. The Morgan fingerprint density at radius 1 is 1.50 bits per heavy atom. The average Bonchev–Trinajstić information content (AvgIpc) is 2.55. The number of piperidine rings is 1. The number of hydrogen-bond donors (Lipinski definition) is 2. The van der Waals surface area contributed by atoms with E-state index < -0.39 is 5.97 Å². The second-order valence-corrected chi connectivity index (χ2v) is 4.69. The van der Waals surface area contributed by atoms with Gasteiger partial charge in [0.2, 0.25) is 0 Å². The molecule has 4 nitrogen and oxygen atoms in total. The molecule has 0 aliphatic carbocycles. The molecule has 2 saturated heterocycles. The molecule has 0 aromatic heterocycles. The van der Waals surface area contributed by atoms with E-state index in [1.807, 2.05) is 0 Å². The second kappa shape index (κ2) is 3.51. The van der Waals surface area contributed by atoms with E-state index in [1.165, 1.54) is 0 Å². The quantitative estimate of drug-likeness (QED) is 0.623. The van der Waals surface area contributed by atoms with Crippen molar-refractivity contribution in [1.82, 2.24) is 10.2 Å². The molecule has 0 bridgehead atoms. The van der Waals surface area contributed by atoms with Crippen LogP contribution < -0.4 is 5.32 Å². The summed E-state index contributed by atoms with van der Waals surface area (Å²) < 4.78 is 0. The molecule has 14 heavy (non-hydrogen) atoms. The number of likely N-dealkylation sites (tertiary alicyclic amines) is 1. The molecule has 2 rings (SSSR count). The van der Waals surface area contributed by atoms with Crippen LogP contribution in [0.1, 0.15) is 12.8 Å². The zero-order valence-corrected chi connectivity index (χ0v) is 8.62. The summed E-state index contributed by atoms with van der Waals surface area (Å²) in [5, 5.41) is 12.4. The summed E-state index contributed by atoms with van der Waals surface area (Å²) in [5.41, 5.74) is 0.0400. The molecule has 4 heteroatoms. The Bertz CT molecular complexity index is 234. The Balaban J connectivity index is 2.10. The van der Waals surface area contributed by atoms with Gasteiger partial charge in [-0.15, -0.1) is 0 Å². The topological polar surface area (TPSA) is 52.6 Å². The summed E-state index contributed by atoms with van der Waals surface area (Å²) in [6.07, 6.45) is 2.04. The molecular weight excluding hydrogens is 180 g/mol. The smallest absolute Gasteiger partial charge is 0.308 e. The van der Waals surface area contributed by atoms with Gasteiger partial charge in [0.1, 0.15) is 0 Å². The largest absolute Gasteiger partial charge is 0.481 e. The van der Waals surface area contributed by atoms with Gasteiger partial charge in [0.25, 0.3) is 0 Å². The van der Waals surface area contributed by atoms with Crippen LogP contribution in [0.25, 0.3) is 0 Å². The second-order valence-electron chi connectivity index (χ2n) is 4.69. The van der Waals surface area contributed by atoms with Gasteiger partial charge >= 0.3 is 5.97 Å². The third-order valence-electron chi connectivity index (χ3n) is 3.85. The minimum absolute atomic E-state index is 0.0400. The Labute approximate surface area is 84.3 Å². The van der Waals surface area contributed by atoms with Crippen LogP contribution in [0.4, 0.5) is 0 Å². The monoisotopic (exact) mass is 198 g/mol. The van der Waals surface area contributed by atoms with Gasteiger partial charge in [-0.1, -0.05) is 0 Å². The Kier molecular flexibility index (Phi) is 2.49. The highest BCUT2D eigenvalue weighted by molar-refractivity contribution is 5.72. The first-order chi connectivity index (χ1) is 6.64. The minimum Gasteiger partial charge on any atom is -0.481 e. The van der Waals surface area contributed by atoms with E-state index in [1.54, 1.807) is 0 Å². The first-order valence-corrected chi connectivity index (χ1v) is 5.26. The lowest BCUT2D eigenvalue weighted by atomic mass is 9.71. The van der Waals surface area contributed by atoms with Crippen LogP contribution in [0.5, 0.6) is 0 Å². The van der Waals surface area contributed by atoms with Crippen molar-refractivity contribution >= 4 is 5.97 Å². The van der Waals surface area contributed by atoms with Gasteiger partial charge in [0.15, 0.2) is 0 Å². The molecule has 2 heterocycles. The fourth-order valence-corrected chi connectivity index (χ4v) is 2.74. The molecule has 0 aromatic carbocycles. The number of aliphatic carboxylic acids is 1. The summed E-state index contributed by atoms with van der Waals surface area (Å²) in [7, 11) is 2.10. The predicted molar refractivity (Wildman–Crippen MR) is 53.2 cm³/mol. The lowest BCUT2D eigenvalue weighted by Crippen LogP contribution is -2.44. The Morgan fingerprint density at radius 3 is 2.71 bits per heavy atom. The third-order valence-corrected chi connectivity index (χ3v) is 3.85. The van der Waals surface area contributed by atoms with Crippen molar-refractivity contribution in [2.24, 2.45) is 11.3 Å². The number of nitrogens with one attached hydrogen (secondary N) is 1.